The van der Waals surface area contributed by atoms with Crippen LogP contribution in [0.3, 0.4) is 0 Å². The molecule has 0 fully saturated rings. The number of anilines is 1. The Kier molecular flexibility index (Phi) is 6.13. The molecule has 3 N–H and O–H groups in total. The minimum atomic E-state index is -5.13. The summed E-state index contributed by atoms with van der Waals surface area (Å²) >= 11 is 0. The molecule has 2 rings (SSSR count). The first-order valence-corrected chi connectivity index (χ1v) is 8.35. The number of benzene rings is 1. The zero-order valence-electron chi connectivity index (χ0n) is 15.6. The summed E-state index contributed by atoms with van der Waals surface area (Å²) in [6, 6.07) is 5.40. The Morgan fingerprint density at radius 3 is 2.29 bits per heavy atom. The van der Waals surface area contributed by atoms with Crippen molar-refractivity contribution in [2.45, 2.75) is 32.0 Å². The first-order valence-electron chi connectivity index (χ1n) is 8.35. The third-order valence-electron chi connectivity index (χ3n) is 4.27. The van der Waals surface area contributed by atoms with E-state index in [1.54, 1.807) is 26.0 Å². The van der Waals surface area contributed by atoms with Gasteiger partial charge in [-0.1, -0.05) is 18.2 Å². The number of alkyl halides is 3. The lowest BCUT2D eigenvalue weighted by Crippen LogP contribution is -2.48. The summed E-state index contributed by atoms with van der Waals surface area (Å²) in [4.78, 5) is 27.6. The number of aryl methyl sites for hydroxylation is 3. The number of imidazole rings is 1. The Labute approximate surface area is 159 Å². The molecule has 1 unspecified atom stereocenters. The zero-order valence-corrected chi connectivity index (χ0v) is 15.6. The number of nitrogens with one attached hydrogen (secondary N) is 2. The lowest BCUT2D eigenvalue weighted by Gasteiger charge is -2.29. The van der Waals surface area contributed by atoms with E-state index < -0.39 is 42.4 Å². The molecular weight excluding hydrogens is 377 g/mol. The molecule has 0 aliphatic carbocycles. The van der Waals surface area contributed by atoms with Gasteiger partial charge in [-0.2, -0.15) is 13.2 Å². The van der Waals surface area contributed by atoms with Crippen LogP contribution in [0.4, 0.5) is 18.9 Å². The van der Waals surface area contributed by atoms with Crippen molar-refractivity contribution in [3.8, 4) is 0 Å². The molecule has 1 heterocycles. The van der Waals surface area contributed by atoms with Gasteiger partial charge in [-0.3, -0.25) is 9.59 Å². The molecule has 2 aromatic rings. The molecular formula is C18H21F3N4O3. The van der Waals surface area contributed by atoms with Crippen molar-refractivity contribution < 1.29 is 27.9 Å². The van der Waals surface area contributed by atoms with Gasteiger partial charge in [0.05, 0.1) is 13.0 Å². The van der Waals surface area contributed by atoms with E-state index in [9.17, 15) is 27.9 Å². The largest absolute Gasteiger partial charge is 0.425 e. The fraction of sp³-hybridized carbons (Fsp3) is 0.389. The standard InChI is InChI=1S/C18H21F3N4O3/c1-11-5-4-6-12(2)15(11)24-14(27)10-23-13(26)9-17(28,18(19,20)21)16-22-7-8-25(16)3/h4-8,28H,9-10H2,1-3H3,(H,23,26)(H,24,27). The van der Waals surface area contributed by atoms with Gasteiger partial charge < -0.3 is 20.3 Å². The van der Waals surface area contributed by atoms with E-state index >= 15 is 0 Å². The molecule has 0 saturated carbocycles. The van der Waals surface area contributed by atoms with Crippen molar-refractivity contribution in [3.63, 3.8) is 0 Å². The molecule has 2 amide bonds. The number of hydrogen-bond donors (Lipinski definition) is 3. The van der Waals surface area contributed by atoms with E-state index in [2.05, 4.69) is 15.6 Å². The van der Waals surface area contributed by atoms with Gasteiger partial charge in [0, 0.05) is 25.1 Å². The highest BCUT2D eigenvalue weighted by Gasteiger charge is 2.58. The summed E-state index contributed by atoms with van der Waals surface area (Å²) in [5.74, 6) is -2.45. The molecule has 0 aliphatic rings. The van der Waals surface area contributed by atoms with Gasteiger partial charge in [0.1, 0.15) is 0 Å². The summed E-state index contributed by atoms with van der Waals surface area (Å²) in [6.07, 6.45) is -4.15. The van der Waals surface area contributed by atoms with Crippen LogP contribution in [-0.2, 0) is 22.2 Å². The highest BCUT2D eigenvalue weighted by Crippen LogP contribution is 2.40. The Hall–Kier alpha value is -2.88. The molecule has 0 aliphatic heterocycles. The fourth-order valence-electron chi connectivity index (χ4n) is 2.74. The predicted octanol–water partition coefficient (Wildman–Crippen LogP) is 1.93. The van der Waals surface area contributed by atoms with E-state index in [0.717, 1.165) is 21.9 Å². The van der Waals surface area contributed by atoms with Crippen molar-refractivity contribution >= 4 is 17.5 Å². The number of nitrogens with zero attached hydrogens (tertiary/aromatic N) is 2. The Balaban J connectivity index is 2.04. The Morgan fingerprint density at radius 2 is 1.79 bits per heavy atom. The predicted molar refractivity (Wildman–Crippen MR) is 95.3 cm³/mol. The van der Waals surface area contributed by atoms with Gasteiger partial charge in [-0.25, -0.2) is 4.98 Å². The summed E-state index contributed by atoms with van der Waals surface area (Å²) < 4.78 is 41.2. The monoisotopic (exact) mass is 398 g/mol. The van der Waals surface area contributed by atoms with Crippen LogP contribution in [0, 0.1) is 13.8 Å². The van der Waals surface area contributed by atoms with Gasteiger partial charge in [0.2, 0.25) is 17.4 Å². The normalized spacial score (nSPS) is 13.7. The van der Waals surface area contributed by atoms with Crippen LogP contribution in [0.15, 0.2) is 30.6 Å². The topological polar surface area (TPSA) is 96.2 Å². The number of aliphatic hydroxyl groups is 1. The summed E-state index contributed by atoms with van der Waals surface area (Å²) in [6.45, 7) is 3.04. The summed E-state index contributed by atoms with van der Waals surface area (Å²) in [5, 5.41) is 14.9. The first-order chi connectivity index (χ1) is 13.0. The van der Waals surface area contributed by atoms with E-state index in [1.807, 2.05) is 6.07 Å². The van der Waals surface area contributed by atoms with E-state index in [4.69, 9.17) is 0 Å². The van der Waals surface area contributed by atoms with Gasteiger partial charge in [-0.15, -0.1) is 0 Å². The van der Waals surface area contributed by atoms with E-state index in [1.165, 1.54) is 13.2 Å². The average Bonchev–Trinajstić information content (AvgIpc) is 3.02. The lowest BCUT2D eigenvalue weighted by atomic mass is 9.97. The molecule has 0 saturated heterocycles. The third-order valence-corrected chi connectivity index (χ3v) is 4.27. The van der Waals surface area contributed by atoms with Crippen LogP contribution < -0.4 is 10.6 Å². The minimum absolute atomic E-state index is 0.541. The number of halogens is 3. The maximum absolute atomic E-state index is 13.4. The molecule has 0 spiro atoms. The van der Waals surface area contributed by atoms with Gasteiger partial charge in [0.15, 0.2) is 5.82 Å². The molecule has 28 heavy (non-hydrogen) atoms. The maximum Gasteiger partial charge on any atom is 0.425 e. The van der Waals surface area contributed by atoms with E-state index in [0.29, 0.717) is 5.69 Å². The van der Waals surface area contributed by atoms with Gasteiger partial charge in [0.25, 0.3) is 0 Å². The Bertz CT molecular complexity index is 859. The average molecular weight is 398 g/mol. The van der Waals surface area contributed by atoms with Crippen LogP contribution in [-0.4, -0.2) is 39.2 Å². The highest BCUT2D eigenvalue weighted by atomic mass is 19.4. The maximum atomic E-state index is 13.4. The summed E-state index contributed by atoms with van der Waals surface area (Å²) in [5.41, 5.74) is -1.29. The quantitative estimate of drug-likeness (QED) is 0.693. The van der Waals surface area contributed by atoms with Gasteiger partial charge >= 0.3 is 6.18 Å². The van der Waals surface area contributed by atoms with Crippen molar-refractivity contribution in [1.29, 1.82) is 0 Å². The van der Waals surface area contributed by atoms with Crippen LogP contribution in [0.25, 0.3) is 0 Å². The third kappa shape index (κ3) is 4.50. The van der Waals surface area contributed by atoms with Gasteiger partial charge in [-0.05, 0) is 25.0 Å². The molecule has 1 atom stereocenters. The number of carbonyl (C=O) groups excluding carboxylic acids is 2. The van der Waals surface area contributed by atoms with Crippen LogP contribution in [0.2, 0.25) is 0 Å². The number of carbonyl (C=O) groups is 2. The molecule has 0 bridgehead atoms. The Morgan fingerprint density at radius 1 is 1.18 bits per heavy atom. The number of hydrogen-bond acceptors (Lipinski definition) is 4. The number of aromatic nitrogens is 2. The fourth-order valence-corrected chi connectivity index (χ4v) is 2.74. The summed E-state index contributed by atoms with van der Waals surface area (Å²) in [7, 11) is 1.27. The molecule has 1 aromatic carbocycles. The van der Waals surface area contributed by atoms with Crippen molar-refractivity contribution in [3.05, 3.63) is 47.5 Å². The lowest BCUT2D eigenvalue weighted by molar-refractivity contribution is -0.271. The van der Waals surface area contributed by atoms with Crippen molar-refractivity contribution in [1.82, 2.24) is 14.9 Å². The van der Waals surface area contributed by atoms with Crippen LogP contribution >= 0.6 is 0 Å². The zero-order chi connectivity index (χ0) is 21.1. The molecule has 10 heteroatoms. The number of rotatable bonds is 6. The smallest absolute Gasteiger partial charge is 0.374 e. The van der Waals surface area contributed by atoms with E-state index in [-0.39, 0.29) is 0 Å². The van der Waals surface area contributed by atoms with Crippen molar-refractivity contribution in [2.75, 3.05) is 11.9 Å². The van der Waals surface area contributed by atoms with Crippen molar-refractivity contribution in [2.24, 2.45) is 7.05 Å². The molecule has 7 nitrogen and oxygen atoms in total. The molecule has 0 radical (unpaired) electrons. The molecule has 152 valence electrons. The number of amides is 2. The highest BCUT2D eigenvalue weighted by molar-refractivity contribution is 5.95. The second-order valence-corrected chi connectivity index (χ2v) is 6.49. The number of para-hydroxylation sites is 1. The minimum Gasteiger partial charge on any atom is -0.374 e. The second kappa shape index (κ2) is 8.01. The first kappa shape index (κ1) is 21.4. The van der Waals surface area contributed by atoms with Crippen LogP contribution in [0.5, 0.6) is 0 Å². The second-order valence-electron chi connectivity index (χ2n) is 6.49. The molecule has 1 aromatic heterocycles. The van der Waals surface area contributed by atoms with Crippen LogP contribution in [0.1, 0.15) is 23.4 Å². The SMILES string of the molecule is Cc1cccc(C)c1NC(=O)CNC(=O)CC(O)(c1nccn1C)C(F)(F)F.